The predicted molar refractivity (Wildman–Crippen MR) is 64.1 cm³/mol. The fourth-order valence-corrected chi connectivity index (χ4v) is 1.98. The van der Waals surface area contributed by atoms with Crippen LogP contribution in [0.3, 0.4) is 0 Å². The molecule has 98 valence electrons. The van der Waals surface area contributed by atoms with Gasteiger partial charge in [-0.3, -0.25) is 10.1 Å². The lowest BCUT2D eigenvalue weighted by molar-refractivity contribution is -0.385. The minimum atomic E-state index is -0.633. The van der Waals surface area contributed by atoms with E-state index in [2.05, 4.69) is 10.6 Å². The summed E-state index contributed by atoms with van der Waals surface area (Å²) in [5.41, 5.74) is -0.0118. The molecule has 1 aliphatic rings. The van der Waals surface area contributed by atoms with Crippen LogP contribution in [0.5, 0.6) is 0 Å². The third-order valence-electron chi connectivity index (χ3n) is 2.97. The molecule has 0 saturated carbocycles. The molecule has 1 unspecified atom stereocenters. The average molecular weight is 255 g/mol. The Labute approximate surface area is 103 Å². The van der Waals surface area contributed by atoms with Crippen molar-refractivity contribution in [2.24, 2.45) is 0 Å². The highest BCUT2D eigenvalue weighted by molar-refractivity contribution is 5.51. The van der Waals surface area contributed by atoms with E-state index in [-0.39, 0.29) is 23.5 Å². The van der Waals surface area contributed by atoms with Crippen molar-refractivity contribution in [3.8, 4) is 0 Å². The molecule has 7 heteroatoms. The number of nitro benzene ring substituents is 1. The fourth-order valence-electron chi connectivity index (χ4n) is 1.98. The SMILES string of the molecule is CO[C@H]1CNCC1Nc1ccc([N+](=O)[O-])cc1F. The lowest BCUT2D eigenvalue weighted by Gasteiger charge is -2.19. The highest BCUT2D eigenvalue weighted by Crippen LogP contribution is 2.22. The van der Waals surface area contributed by atoms with Crippen LogP contribution >= 0.6 is 0 Å². The Hall–Kier alpha value is -1.73. The van der Waals surface area contributed by atoms with Crippen molar-refractivity contribution < 1.29 is 14.1 Å². The van der Waals surface area contributed by atoms with Crippen molar-refractivity contribution in [1.29, 1.82) is 0 Å². The van der Waals surface area contributed by atoms with E-state index in [1.54, 1.807) is 7.11 Å². The van der Waals surface area contributed by atoms with Gasteiger partial charge in [-0.15, -0.1) is 0 Å². The van der Waals surface area contributed by atoms with Crippen molar-refractivity contribution in [1.82, 2.24) is 5.32 Å². The number of ether oxygens (including phenoxy) is 1. The maximum atomic E-state index is 13.7. The zero-order valence-electron chi connectivity index (χ0n) is 9.85. The van der Waals surface area contributed by atoms with Crippen LogP contribution in [-0.2, 0) is 4.74 Å². The number of benzene rings is 1. The zero-order chi connectivity index (χ0) is 13.1. The molecular formula is C11H14FN3O3. The zero-order valence-corrected chi connectivity index (χ0v) is 9.85. The molecule has 1 saturated heterocycles. The quantitative estimate of drug-likeness (QED) is 0.623. The first-order valence-electron chi connectivity index (χ1n) is 5.56. The third-order valence-corrected chi connectivity index (χ3v) is 2.97. The second-order valence-electron chi connectivity index (χ2n) is 4.10. The number of nitrogens with one attached hydrogen (secondary N) is 2. The maximum Gasteiger partial charge on any atom is 0.272 e. The van der Waals surface area contributed by atoms with Gasteiger partial charge in [0.15, 0.2) is 5.82 Å². The molecule has 0 aliphatic carbocycles. The van der Waals surface area contributed by atoms with Crippen LogP contribution < -0.4 is 10.6 Å². The van der Waals surface area contributed by atoms with Gasteiger partial charge in [0, 0.05) is 26.3 Å². The minimum Gasteiger partial charge on any atom is -0.378 e. The summed E-state index contributed by atoms with van der Waals surface area (Å²) < 4.78 is 18.9. The smallest absolute Gasteiger partial charge is 0.272 e. The number of non-ortho nitro benzene ring substituents is 1. The molecule has 0 radical (unpaired) electrons. The molecule has 2 rings (SSSR count). The van der Waals surface area contributed by atoms with E-state index in [1.807, 2.05) is 0 Å². The molecule has 1 fully saturated rings. The molecule has 1 aromatic carbocycles. The summed E-state index contributed by atoms with van der Waals surface area (Å²) in [6.45, 7) is 1.36. The van der Waals surface area contributed by atoms with Gasteiger partial charge in [-0.1, -0.05) is 0 Å². The van der Waals surface area contributed by atoms with E-state index < -0.39 is 10.7 Å². The van der Waals surface area contributed by atoms with Gasteiger partial charge >= 0.3 is 0 Å². The number of hydrogen-bond donors (Lipinski definition) is 2. The molecule has 0 spiro atoms. The first kappa shape index (κ1) is 12.7. The summed E-state index contributed by atoms with van der Waals surface area (Å²) in [6.07, 6.45) is -0.0420. The molecule has 6 nitrogen and oxygen atoms in total. The Morgan fingerprint density at radius 2 is 2.33 bits per heavy atom. The van der Waals surface area contributed by atoms with Crippen LogP contribution in [0.1, 0.15) is 0 Å². The number of rotatable bonds is 4. The summed E-state index contributed by atoms with van der Waals surface area (Å²) in [5.74, 6) is -0.633. The molecule has 0 bridgehead atoms. The van der Waals surface area contributed by atoms with E-state index in [9.17, 15) is 14.5 Å². The molecule has 2 atom stereocenters. The molecule has 2 N–H and O–H groups in total. The van der Waals surface area contributed by atoms with E-state index in [1.165, 1.54) is 12.1 Å². The maximum absolute atomic E-state index is 13.7. The van der Waals surface area contributed by atoms with Crippen LogP contribution in [0.25, 0.3) is 0 Å². The summed E-state index contributed by atoms with van der Waals surface area (Å²) in [5, 5.41) is 16.6. The first-order chi connectivity index (χ1) is 8.61. The second kappa shape index (κ2) is 5.28. The van der Waals surface area contributed by atoms with Crippen LogP contribution in [0.4, 0.5) is 15.8 Å². The van der Waals surface area contributed by atoms with E-state index >= 15 is 0 Å². The van der Waals surface area contributed by atoms with Gasteiger partial charge in [0.05, 0.1) is 28.8 Å². The van der Waals surface area contributed by atoms with Gasteiger partial charge in [0.2, 0.25) is 0 Å². The Morgan fingerprint density at radius 3 is 2.94 bits per heavy atom. The summed E-state index contributed by atoms with van der Waals surface area (Å²) in [6, 6.07) is 3.51. The van der Waals surface area contributed by atoms with Gasteiger partial charge < -0.3 is 15.4 Å². The van der Waals surface area contributed by atoms with E-state index in [0.717, 1.165) is 6.07 Å². The highest BCUT2D eigenvalue weighted by atomic mass is 19.1. The predicted octanol–water partition coefficient (Wildman–Crippen LogP) is 1.13. The van der Waals surface area contributed by atoms with Crippen LogP contribution in [0, 0.1) is 15.9 Å². The molecular weight excluding hydrogens is 241 g/mol. The van der Waals surface area contributed by atoms with Crippen molar-refractivity contribution in [2.75, 3.05) is 25.5 Å². The van der Waals surface area contributed by atoms with Gasteiger partial charge in [-0.05, 0) is 6.07 Å². The van der Waals surface area contributed by atoms with Gasteiger partial charge in [-0.25, -0.2) is 4.39 Å². The lowest BCUT2D eigenvalue weighted by atomic mass is 10.2. The molecule has 1 aromatic rings. The topological polar surface area (TPSA) is 76.4 Å². The Morgan fingerprint density at radius 1 is 1.56 bits per heavy atom. The number of nitro groups is 1. The molecule has 0 amide bonds. The molecule has 1 aliphatic heterocycles. The number of anilines is 1. The Balaban J connectivity index is 2.12. The first-order valence-corrected chi connectivity index (χ1v) is 5.56. The number of halogens is 1. The summed E-state index contributed by atoms with van der Waals surface area (Å²) in [4.78, 5) is 9.87. The monoisotopic (exact) mass is 255 g/mol. The molecule has 0 aromatic heterocycles. The lowest BCUT2D eigenvalue weighted by Crippen LogP contribution is -2.33. The van der Waals surface area contributed by atoms with Gasteiger partial charge in [0.25, 0.3) is 5.69 Å². The minimum absolute atomic E-state index is 0.0420. The van der Waals surface area contributed by atoms with E-state index in [0.29, 0.717) is 13.1 Å². The van der Waals surface area contributed by atoms with Crippen LogP contribution in [0.2, 0.25) is 0 Å². The molecule has 1 heterocycles. The van der Waals surface area contributed by atoms with Crippen LogP contribution in [0.15, 0.2) is 18.2 Å². The number of methoxy groups -OCH3 is 1. The highest BCUT2D eigenvalue weighted by Gasteiger charge is 2.27. The Bertz CT molecular complexity index is 455. The summed E-state index contributed by atoms with van der Waals surface area (Å²) >= 11 is 0. The summed E-state index contributed by atoms with van der Waals surface area (Å²) in [7, 11) is 1.60. The fraction of sp³-hybridized carbons (Fsp3) is 0.455. The standard InChI is InChI=1S/C11H14FN3O3/c1-18-11-6-13-5-10(11)14-9-3-2-7(15(16)17)4-8(9)12/h2-4,10-11,13-14H,5-6H2,1H3/t10?,11-/m0/s1. The van der Waals surface area contributed by atoms with Gasteiger partial charge in [-0.2, -0.15) is 0 Å². The second-order valence-corrected chi connectivity index (χ2v) is 4.10. The third kappa shape index (κ3) is 2.57. The Kier molecular flexibility index (Phi) is 3.73. The number of nitrogens with zero attached hydrogens (tertiary/aromatic N) is 1. The molecule has 18 heavy (non-hydrogen) atoms. The number of hydrogen-bond acceptors (Lipinski definition) is 5. The normalized spacial score (nSPS) is 23.0. The van der Waals surface area contributed by atoms with Crippen molar-refractivity contribution in [3.05, 3.63) is 34.1 Å². The van der Waals surface area contributed by atoms with Crippen molar-refractivity contribution in [3.63, 3.8) is 0 Å². The van der Waals surface area contributed by atoms with Crippen molar-refractivity contribution >= 4 is 11.4 Å². The van der Waals surface area contributed by atoms with Crippen molar-refractivity contribution in [2.45, 2.75) is 12.1 Å². The van der Waals surface area contributed by atoms with Crippen LogP contribution in [-0.4, -0.2) is 37.3 Å². The van der Waals surface area contributed by atoms with Gasteiger partial charge in [0.1, 0.15) is 0 Å². The average Bonchev–Trinajstić information content (AvgIpc) is 2.78. The van der Waals surface area contributed by atoms with E-state index in [4.69, 9.17) is 4.74 Å². The largest absolute Gasteiger partial charge is 0.378 e.